The highest BCUT2D eigenvalue weighted by atomic mass is 16.5. The average Bonchev–Trinajstić information content (AvgIpc) is 3.08. The number of hydrogen-bond donors (Lipinski definition) is 0. The van der Waals surface area contributed by atoms with Crippen molar-refractivity contribution in [2.45, 2.75) is 43.2 Å². The van der Waals surface area contributed by atoms with E-state index in [0.29, 0.717) is 0 Å². The lowest BCUT2D eigenvalue weighted by Crippen LogP contribution is -2.50. The fourth-order valence-corrected chi connectivity index (χ4v) is 6.07. The maximum Gasteiger partial charge on any atom is 0.119 e. The summed E-state index contributed by atoms with van der Waals surface area (Å²) in [6.07, 6.45) is 5.23. The summed E-state index contributed by atoms with van der Waals surface area (Å²) in [5.41, 5.74) is 5.41. The molecule has 1 aliphatic carbocycles. The lowest BCUT2D eigenvalue weighted by atomic mass is 9.68. The maximum atomic E-state index is 6.64. The van der Waals surface area contributed by atoms with Crippen LogP contribution in [0.1, 0.15) is 42.5 Å². The molecule has 30 heavy (non-hydrogen) atoms. The number of nitrogens with zero attached hydrogens (tertiary/aromatic N) is 2. The van der Waals surface area contributed by atoms with Crippen LogP contribution in [0.5, 0.6) is 5.75 Å². The van der Waals surface area contributed by atoms with Gasteiger partial charge in [-0.2, -0.15) is 0 Å². The number of benzene rings is 2. The van der Waals surface area contributed by atoms with Gasteiger partial charge in [0.15, 0.2) is 0 Å². The highest BCUT2D eigenvalue weighted by Gasteiger charge is 2.49. The van der Waals surface area contributed by atoms with E-state index in [9.17, 15) is 0 Å². The predicted octanol–water partition coefficient (Wildman–Crippen LogP) is 4.99. The third-order valence-electron chi connectivity index (χ3n) is 7.73. The van der Waals surface area contributed by atoms with Crippen molar-refractivity contribution in [3.05, 3.63) is 65.4 Å². The molecule has 2 aromatic carbocycles. The van der Waals surface area contributed by atoms with Gasteiger partial charge in [-0.15, -0.1) is 0 Å². The third kappa shape index (κ3) is 2.74. The van der Waals surface area contributed by atoms with Crippen LogP contribution < -0.4 is 4.74 Å². The molecule has 0 unspecified atom stereocenters. The number of rotatable bonds is 3. The Labute approximate surface area is 179 Å². The average molecular weight is 405 g/mol. The van der Waals surface area contributed by atoms with Crippen molar-refractivity contribution in [2.24, 2.45) is 7.05 Å². The van der Waals surface area contributed by atoms with Gasteiger partial charge in [-0.05, 0) is 75.5 Å². The molecule has 1 saturated carbocycles. The van der Waals surface area contributed by atoms with Crippen molar-refractivity contribution in [3.63, 3.8) is 0 Å². The van der Waals surface area contributed by atoms with Gasteiger partial charge in [0.05, 0.1) is 19.4 Å². The molecule has 158 valence electrons. The molecule has 0 saturated heterocycles. The molecular weight excluding hydrogens is 372 g/mol. The Morgan fingerprint density at radius 1 is 1.00 bits per heavy atom. The van der Waals surface area contributed by atoms with Crippen molar-refractivity contribution in [3.8, 4) is 5.75 Å². The Kier molecular flexibility index (Phi) is 4.68. The van der Waals surface area contributed by atoms with Gasteiger partial charge in [0, 0.05) is 23.5 Å². The first-order valence-corrected chi connectivity index (χ1v) is 11.0. The Morgan fingerprint density at radius 2 is 1.73 bits per heavy atom. The molecule has 2 aliphatic rings. The quantitative estimate of drug-likeness (QED) is 0.616. The normalized spacial score (nSPS) is 26.3. The van der Waals surface area contributed by atoms with E-state index >= 15 is 0 Å². The summed E-state index contributed by atoms with van der Waals surface area (Å²) < 4.78 is 14.5. The first-order valence-electron chi connectivity index (χ1n) is 11.0. The summed E-state index contributed by atoms with van der Waals surface area (Å²) in [4.78, 5) is 2.42. The molecule has 0 amide bonds. The summed E-state index contributed by atoms with van der Waals surface area (Å²) in [6.45, 7) is 0.795. The molecule has 0 atom stereocenters. The molecule has 4 nitrogen and oxygen atoms in total. The van der Waals surface area contributed by atoms with E-state index in [1.165, 1.54) is 27.7 Å². The molecule has 0 bridgehead atoms. The second-order valence-corrected chi connectivity index (χ2v) is 9.15. The largest absolute Gasteiger partial charge is 0.497 e. The highest BCUT2D eigenvalue weighted by molar-refractivity contribution is 5.87. The second-order valence-electron chi connectivity index (χ2n) is 9.15. The summed E-state index contributed by atoms with van der Waals surface area (Å²) in [5.74, 6) is 0.927. The lowest BCUT2D eigenvalue weighted by molar-refractivity contribution is -0.115. The summed E-state index contributed by atoms with van der Waals surface area (Å²) in [7, 11) is 8.39. The molecule has 1 aliphatic heterocycles. The SMILES string of the molecule is COc1ccc2c(c1)c1c(n2C)C2(CCC(c3ccccc3)(N(C)C)CC2)OCC1. The van der Waals surface area contributed by atoms with E-state index in [0.717, 1.165) is 44.5 Å². The lowest BCUT2D eigenvalue weighted by Gasteiger charge is -2.51. The van der Waals surface area contributed by atoms with Crippen molar-refractivity contribution in [1.29, 1.82) is 0 Å². The van der Waals surface area contributed by atoms with Gasteiger partial charge < -0.3 is 14.0 Å². The Hall–Kier alpha value is -2.30. The third-order valence-corrected chi connectivity index (χ3v) is 7.73. The van der Waals surface area contributed by atoms with Crippen LogP contribution in [0.15, 0.2) is 48.5 Å². The zero-order valence-corrected chi connectivity index (χ0v) is 18.6. The number of fused-ring (bicyclic) bond motifs is 4. The standard InChI is InChI=1S/C26H32N2O2/c1-27(2)25(19-8-6-5-7-9-19)13-15-26(16-14-25)24-21(12-17-30-26)22-18-20(29-4)10-11-23(22)28(24)3/h5-11,18H,12-17H2,1-4H3. The first kappa shape index (κ1) is 19.7. The van der Waals surface area contributed by atoms with Crippen LogP contribution in [0.4, 0.5) is 0 Å². The number of ether oxygens (including phenoxy) is 2. The number of methoxy groups -OCH3 is 1. The van der Waals surface area contributed by atoms with Gasteiger partial charge in [-0.1, -0.05) is 30.3 Å². The Morgan fingerprint density at radius 3 is 2.40 bits per heavy atom. The van der Waals surface area contributed by atoms with Crippen LogP contribution in [0.25, 0.3) is 10.9 Å². The smallest absolute Gasteiger partial charge is 0.119 e. The molecule has 0 N–H and O–H groups in total. The van der Waals surface area contributed by atoms with Gasteiger partial charge in [-0.3, -0.25) is 4.90 Å². The first-order chi connectivity index (χ1) is 14.5. The number of hydrogen-bond acceptors (Lipinski definition) is 3. The van der Waals surface area contributed by atoms with Crippen LogP contribution in [-0.4, -0.2) is 37.3 Å². The zero-order chi connectivity index (χ0) is 20.9. The Balaban J connectivity index is 1.57. The topological polar surface area (TPSA) is 26.6 Å². The molecule has 4 heteroatoms. The van der Waals surface area contributed by atoms with Gasteiger partial charge in [0.2, 0.25) is 0 Å². The molecule has 0 radical (unpaired) electrons. The second kappa shape index (κ2) is 7.14. The predicted molar refractivity (Wildman–Crippen MR) is 121 cm³/mol. The molecule has 1 fully saturated rings. The van der Waals surface area contributed by atoms with E-state index in [2.05, 4.69) is 79.1 Å². The Bertz CT molecular complexity index is 1060. The number of aromatic nitrogens is 1. The minimum atomic E-state index is -0.192. The van der Waals surface area contributed by atoms with Crippen molar-refractivity contribution >= 4 is 10.9 Å². The van der Waals surface area contributed by atoms with Crippen molar-refractivity contribution < 1.29 is 9.47 Å². The van der Waals surface area contributed by atoms with E-state index in [-0.39, 0.29) is 11.1 Å². The molecule has 3 aromatic rings. The van der Waals surface area contributed by atoms with Crippen molar-refractivity contribution in [2.75, 3.05) is 27.8 Å². The minimum Gasteiger partial charge on any atom is -0.497 e. The van der Waals surface area contributed by atoms with Gasteiger partial charge >= 0.3 is 0 Å². The molecule has 5 rings (SSSR count). The van der Waals surface area contributed by atoms with Crippen molar-refractivity contribution in [1.82, 2.24) is 9.47 Å². The maximum absolute atomic E-state index is 6.64. The zero-order valence-electron chi connectivity index (χ0n) is 18.6. The van der Waals surface area contributed by atoms with Crippen LogP contribution >= 0.6 is 0 Å². The van der Waals surface area contributed by atoms with Crippen LogP contribution in [0.3, 0.4) is 0 Å². The van der Waals surface area contributed by atoms with Gasteiger partial charge in [-0.25, -0.2) is 0 Å². The van der Waals surface area contributed by atoms with Crippen LogP contribution in [0.2, 0.25) is 0 Å². The molecule has 2 heterocycles. The van der Waals surface area contributed by atoms with Gasteiger partial charge in [0.1, 0.15) is 11.4 Å². The van der Waals surface area contributed by atoms with E-state index in [1.807, 2.05) is 0 Å². The van der Waals surface area contributed by atoms with E-state index in [4.69, 9.17) is 9.47 Å². The monoisotopic (exact) mass is 404 g/mol. The fourth-order valence-electron chi connectivity index (χ4n) is 6.07. The van der Waals surface area contributed by atoms with E-state index in [1.54, 1.807) is 7.11 Å². The molecule has 1 spiro atoms. The number of aryl methyl sites for hydroxylation is 1. The summed E-state index contributed by atoms with van der Waals surface area (Å²) >= 11 is 0. The van der Waals surface area contributed by atoms with Gasteiger partial charge in [0.25, 0.3) is 0 Å². The molecule has 1 aromatic heterocycles. The highest BCUT2D eigenvalue weighted by Crippen LogP contribution is 2.53. The summed E-state index contributed by atoms with van der Waals surface area (Å²) in [5, 5.41) is 1.32. The van der Waals surface area contributed by atoms with E-state index < -0.39 is 0 Å². The van der Waals surface area contributed by atoms with Crippen LogP contribution in [-0.2, 0) is 29.3 Å². The fraction of sp³-hybridized carbons (Fsp3) is 0.462. The van der Waals surface area contributed by atoms with Crippen LogP contribution in [0, 0.1) is 0 Å². The summed E-state index contributed by atoms with van der Waals surface area (Å²) in [6, 6.07) is 17.5. The molecular formula is C26H32N2O2. The minimum absolute atomic E-state index is 0.0707.